The molecule has 1 aromatic heterocycles. The van der Waals surface area contributed by atoms with E-state index in [1.165, 1.54) is 12.1 Å². The van der Waals surface area contributed by atoms with E-state index in [1.807, 2.05) is 12.3 Å². The van der Waals surface area contributed by atoms with Crippen LogP contribution in [0, 0.1) is 0 Å². The Morgan fingerprint density at radius 1 is 1.31 bits per heavy atom. The maximum absolute atomic E-state index is 12.5. The van der Waals surface area contributed by atoms with Crippen molar-refractivity contribution in [3.63, 3.8) is 0 Å². The third-order valence-corrected chi connectivity index (χ3v) is 5.79. The zero-order valence-electron chi connectivity index (χ0n) is 15.0. The fraction of sp³-hybridized carbons (Fsp3) is 0.412. The molecule has 0 aliphatic rings. The van der Waals surface area contributed by atoms with E-state index in [0.717, 1.165) is 0 Å². The Balaban J connectivity index is 2.05. The zero-order chi connectivity index (χ0) is 19.4. The number of benzene rings is 1. The molecular weight excluding hydrogens is 420 g/mol. The number of nitrogens with zero attached hydrogens (tertiary/aromatic N) is 2. The van der Waals surface area contributed by atoms with Gasteiger partial charge in [-0.15, -0.1) is 0 Å². The summed E-state index contributed by atoms with van der Waals surface area (Å²) in [4.78, 5) is 12.5. The monoisotopic (exact) mass is 442 g/mol. The quantitative estimate of drug-likeness (QED) is 0.644. The number of amides is 1. The van der Waals surface area contributed by atoms with Gasteiger partial charge < -0.3 is 5.32 Å². The second kappa shape index (κ2) is 8.32. The molecule has 1 amide bonds. The Morgan fingerprint density at radius 2 is 2.04 bits per heavy atom. The first-order valence-electron chi connectivity index (χ1n) is 8.18. The van der Waals surface area contributed by atoms with Gasteiger partial charge in [0.25, 0.3) is 5.91 Å². The Morgan fingerprint density at radius 3 is 2.65 bits per heavy atom. The Labute approximate surface area is 162 Å². The maximum atomic E-state index is 12.5. The molecule has 0 aliphatic heterocycles. The number of hydrogen-bond acceptors (Lipinski definition) is 4. The highest BCUT2D eigenvalue weighted by Crippen LogP contribution is 2.22. The first-order valence-corrected chi connectivity index (χ1v) is 10.5. The molecule has 0 spiro atoms. The van der Waals surface area contributed by atoms with Gasteiger partial charge in [0.15, 0.2) is 0 Å². The van der Waals surface area contributed by atoms with Gasteiger partial charge in [0, 0.05) is 35.5 Å². The molecule has 1 aromatic carbocycles. The molecule has 0 aliphatic carbocycles. The lowest BCUT2D eigenvalue weighted by Crippen LogP contribution is -2.40. The van der Waals surface area contributed by atoms with Gasteiger partial charge in [-0.2, -0.15) is 5.10 Å². The van der Waals surface area contributed by atoms with Crippen molar-refractivity contribution in [1.29, 1.82) is 0 Å². The van der Waals surface area contributed by atoms with Crippen molar-refractivity contribution >= 4 is 31.9 Å². The molecule has 142 valence electrons. The SMILES string of the molecule is CC(C)(C)NS(=O)(=O)c1ccc(Br)c(C(=O)NCCCn2cccn2)c1. The van der Waals surface area contributed by atoms with Gasteiger partial charge in [0.1, 0.15) is 0 Å². The minimum atomic E-state index is -3.71. The molecule has 1 heterocycles. The maximum Gasteiger partial charge on any atom is 0.252 e. The van der Waals surface area contributed by atoms with E-state index in [9.17, 15) is 13.2 Å². The molecule has 0 atom stereocenters. The van der Waals surface area contributed by atoms with E-state index in [4.69, 9.17) is 0 Å². The smallest absolute Gasteiger partial charge is 0.252 e. The third kappa shape index (κ3) is 5.93. The highest BCUT2D eigenvalue weighted by Gasteiger charge is 2.23. The molecule has 0 fully saturated rings. The number of sulfonamides is 1. The van der Waals surface area contributed by atoms with Crippen LogP contribution in [0.5, 0.6) is 0 Å². The van der Waals surface area contributed by atoms with E-state index in [-0.39, 0.29) is 16.4 Å². The van der Waals surface area contributed by atoms with E-state index in [1.54, 1.807) is 37.7 Å². The van der Waals surface area contributed by atoms with Gasteiger partial charge in [-0.1, -0.05) is 0 Å². The van der Waals surface area contributed by atoms with Crippen molar-refractivity contribution in [3.8, 4) is 0 Å². The average Bonchev–Trinajstić information content (AvgIpc) is 3.02. The van der Waals surface area contributed by atoms with Gasteiger partial charge in [0.2, 0.25) is 10.0 Å². The summed E-state index contributed by atoms with van der Waals surface area (Å²) in [5, 5.41) is 6.90. The van der Waals surface area contributed by atoms with Gasteiger partial charge in [-0.3, -0.25) is 9.48 Å². The first-order chi connectivity index (χ1) is 12.1. The lowest BCUT2D eigenvalue weighted by Gasteiger charge is -2.20. The number of rotatable bonds is 7. The number of carbonyl (C=O) groups is 1. The molecule has 26 heavy (non-hydrogen) atoms. The highest BCUT2D eigenvalue weighted by molar-refractivity contribution is 9.10. The Bertz CT molecular complexity index is 859. The fourth-order valence-electron chi connectivity index (χ4n) is 2.28. The highest BCUT2D eigenvalue weighted by atomic mass is 79.9. The summed E-state index contributed by atoms with van der Waals surface area (Å²) in [6, 6.07) is 6.25. The van der Waals surface area contributed by atoms with E-state index < -0.39 is 15.6 Å². The molecule has 7 nitrogen and oxygen atoms in total. The summed E-state index contributed by atoms with van der Waals surface area (Å²) >= 11 is 3.31. The van der Waals surface area contributed by atoms with Crippen molar-refractivity contribution in [3.05, 3.63) is 46.7 Å². The standard InChI is InChI=1S/C17H23BrN4O3S/c1-17(2,3)21-26(24,25)13-6-7-15(18)14(12-13)16(23)19-8-4-10-22-11-5-9-20-22/h5-7,9,11-12,21H,4,8,10H2,1-3H3,(H,19,23). The molecular formula is C17H23BrN4O3S. The van der Waals surface area contributed by atoms with Crippen LogP contribution >= 0.6 is 15.9 Å². The molecule has 2 rings (SSSR count). The van der Waals surface area contributed by atoms with Crippen LogP contribution in [0.15, 0.2) is 46.0 Å². The van der Waals surface area contributed by atoms with Crippen LogP contribution in [0.1, 0.15) is 37.6 Å². The molecule has 0 unspecified atom stereocenters. The van der Waals surface area contributed by atoms with Crippen LogP contribution in [-0.2, 0) is 16.6 Å². The normalized spacial score (nSPS) is 12.2. The van der Waals surface area contributed by atoms with Crippen molar-refractivity contribution in [2.75, 3.05) is 6.54 Å². The van der Waals surface area contributed by atoms with Crippen LogP contribution in [0.3, 0.4) is 0 Å². The Kier molecular flexibility index (Phi) is 6.59. The van der Waals surface area contributed by atoms with Crippen molar-refractivity contribution in [2.24, 2.45) is 0 Å². The summed E-state index contributed by atoms with van der Waals surface area (Å²) < 4.78 is 29.8. The molecule has 0 saturated heterocycles. The van der Waals surface area contributed by atoms with Gasteiger partial charge in [0.05, 0.1) is 10.5 Å². The fourth-order valence-corrected chi connectivity index (χ4v) is 4.15. The minimum absolute atomic E-state index is 0.0531. The van der Waals surface area contributed by atoms with Crippen LogP contribution in [0.2, 0.25) is 0 Å². The number of hydrogen-bond donors (Lipinski definition) is 2. The molecule has 2 aromatic rings. The second-order valence-corrected chi connectivity index (χ2v) is 9.41. The predicted molar refractivity (Wildman–Crippen MR) is 103 cm³/mol. The van der Waals surface area contributed by atoms with Crippen LogP contribution in [0.4, 0.5) is 0 Å². The molecule has 2 N–H and O–H groups in total. The lowest BCUT2D eigenvalue weighted by molar-refractivity contribution is 0.0951. The number of aromatic nitrogens is 2. The van der Waals surface area contributed by atoms with Gasteiger partial charge in [-0.05, 0) is 67.4 Å². The minimum Gasteiger partial charge on any atom is -0.352 e. The Hall–Kier alpha value is -1.71. The summed E-state index contributed by atoms with van der Waals surface area (Å²) in [5.74, 6) is -0.329. The summed E-state index contributed by atoms with van der Waals surface area (Å²) in [7, 11) is -3.71. The largest absolute Gasteiger partial charge is 0.352 e. The van der Waals surface area contributed by atoms with Crippen LogP contribution in [0.25, 0.3) is 0 Å². The zero-order valence-corrected chi connectivity index (χ0v) is 17.4. The topological polar surface area (TPSA) is 93.1 Å². The van der Waals surface area contributed by atoms with Gasteiger partial charge in [-0.25, -0.2) is 13.1 Å². The summed E-state index contributed by atoms with van der Waals surface area (Å²) in [6.07, 6.45) is 4.27. The molecule has 0 radical (unpaired) electrons. The number of nitrogens with one attached hydrogen (secondary N) is 2. The third-order valence-electron chi connectivity index (χ3n) is 3.34. The van der Waals surface area contributed by atoms with Crippen molar-refractivity contribution in [1.82, 2.24) is 19.8 Å². The molecule has 0 bridgehead atoms. The summed E-state index contributed by atoms with van der Waals surface area (Å²) in [6.45, 7) is 6.44. The number of halogens is 1. The number of aryl methyl sites for hydroxylation is 1. The van der Waals surface area contributed by atoms with Crippen molar-refractivity contribution < 1.29 is 13.2 Å². The van der Waals surface area contributed by atoms with Crippen LogP contribution in [-0.4, -0.2) is 36.2 Å². The lowest BCUT2D eigenvalue weighted by atomic mass is 10.1. The molecule has 9 heteroatoms. The first kappa shape index (κ1) is 20.6. The summed E-state index contributed by atoms with van der Waals surface area (Å²) in [5.41, 5.74) is -0.332. The van der Waals surface area contributed by atoms with Gasteiger partial charge >= 0.3 is 0 Å². The van der Waals surface area contributed by atoms with Crippen molar-refractivity contribution in [2.45, 2.75) is 44.2 Å². The second-order valence-electron chi connectivity index (χ2n) is 6.88. The predicted octanol–water partition coefficient (Wildman–Crippen LogP) is 2.54. The van der Waals surface area contributed by atoms with E-state index in [2.05, 4.69) is 31.1 Å². The number of carbonyl (C=O) groups excluding carboxylic acids is 1. The van der Waals surface area contributed by atoms with Crippen LogP contribution < -0.4 is 10.0 Å². The van der Waals surface area contributed by atoms with E-state index in [0.29, 0.717) is 24.0 Å². The average molecular weight is 443 g/mol. The van der Waals surface area contributed by atoms with E-state index >= 15 is 0 Å². The molecule has 0 saturated carbocycles.